The van der Waals surface area contributed by atoms with Gasteiger partial charge in [-0.05, 0) is 42.0 Å². The summed E-state index contributed by atoms with van der Waals surface area (Å²) >= 11 is 3.68. The molecule has 2 heterocycles. The van der Waals surface area contributed by atoms with Gasteiger partial charge in [0.15, 0.2) is 16.7 Å². The highest BCUT2D eigenvalue weighted by Crippen LogP contribution is 2.28. The van der Waals surface area contributed by atoms with Crippen molar-refractivity contribution < 1.29 is 9.47 Å². The molecule has 0 atom stereocenters. The molecule has 0 fully saturated rings. The van der Waals surface area contributed by atoms with E-state index in [9.17, 15) is 0 Å². The molecule has 2 aromatic rings. The molecule has 3 rings (SSSR count). The van der Waals surface area contributed by atoms with E-state index in [-0.39, 0.29) is 0 Å². The van der Waals surface area contributed by atoms with E-state index in [0.717, 1.165) is 43.3 Å². The Morgan fingerprint density at radius 3 is 2.72 bits per heavy atom. The summed E-state index contributed by atoms with van der Waals surface area (Å²) in [5, 5.41) is 3.32. The van der Waals surface area contributed by atoms with E-state index in [2.05, 4.69) is 34.5 Å². The lowest BCUT2D eigenvalue weighted by Crippen LogP contribution is -2.32. The van der Waals surface area contributed by atoms with Gasteiger partial charge in [0.05, 0.1) is 20.8 Å². The number of amidine groups is 1. The molecule has 0 saturated heterocycles. The average molecular weight is 377 g/mol. The van der Waals surface area contributed by atoms with E-state index < -0.39 is 0 Å². The van der Waals surface area contributed by atoms with E-state index in [4.69, 9.17) is 14.5 Å². The van der Waals surface area contributed by atoms with Crippen molar-refractivity contribution in [2.24, 2.45) is 4.99 Å². The minimum atomic E-state index is 0.772. The summed E-state index contributed by atoms with van der Waals surface area (Å²) in [6.07, 6.45) is 2.13. The van der Waals surface area contributed by atoms with Crippen LogP contribution in [-0.4, -0.2) is 43.1 Å². The molecule has 1 aliphatic rings. The summed E-state index contributed by atoms with van der Waals surface area (Å²) in [4.78, 5) is 8.53. The van der Waals surface area contributed by atoms with Crippen molar-refractivity contribution in [1.82, 2.24) is 4.90 Å². The lowest BCUT2D eigenvalue weighted by Gasteiger charge is -2.27. The first-order chi connectivity index (χ1) is 12.3. The standard InChI is InChI=1S/C19H24N2O2S2/c1-22-17-7-6-15(13-18(17)23-2)8-10-21(14-16-5-3-11-24-16)19-20-9-4-12-25-19/h3,5-7,11,13H,4,8-10,12,14H2,1-2H3. The Balaban J connectivity index is 1.70. The van der Waals surface area contributed by atoms with Gasteiger partial charge in [0.25, 0.3) is 0 Å². The van der Waals surface area contributed by atoms with Crippen molar-refractivity contribution in [3.63, 3.8) is 0 Å². The van der Waals surface area contributed by atoms with Crippen molar-refractivity contribution >= 4 is 28.3 Å². The Labute approximate surface area is 157 Å². The maximum absolute atomic E-state index is 5.42. The predicted molar refractivity (Wildman–Crippen MR) is 107 cm³/mol. The van der Waals surface area contributed by atoms with E-state index in [1.807, 2.05) is 17.8 Å². The second-order valence-corrected chi connectivity index (χ2v) is 7.90. The molecule has 0 aliphatic carbocycles. The molecule has 4 nitrogen and oxygen atoms in total. The number of hydrogen-bond donors (Lipinski definition) is 0. The molecule has 134 valence electrons. The summed E-state index contributed by atoms with van der Waals surface area (Å²) in [5.41, 5.74) is 1.25. The molecular weight excluding hydrogens is 352 g/mol. The first-order valence-corrected chi connectivity index (χ1v) is 10.3. The van der Waals surface area contributed by atoms with Crippen LogP contribution in [0.5, 0.6) is 11.5 Å². The van der Waals surface area contributed by atoms with Crippen molar-refractivity contribution in [2.75, 3.05) is 33.1 Å². The van der Waals surface area contributed by atoms with Crippen LogP contribution in [0.2, 0.25) is 0 Å². The number of hydrogen-bond acceptors (Lipinski definition) is 6. The molecule has 0 bridgehead atoms. The fourth-order valence-corrected chi connectivity index (χ4v) is 4.47. The Morgan fingerprint density at radius 2 is 2.04 bits per heavy atom. The van der Waals surface area contributed by atoms with Crippen molar-refractivity contribution in [3.05, 3.63) is 46.2 Å². The Bertz CT molecular complexity index is 701. The van der Waals surface area contributed by atoms with E-state index in [1.165, 1.54) is 22.0 Å². The second kappa shape index (κ2) is 9.15. The van der Waals surface area contributed by atoms with E-state index in [1.54, 1.807) is 25.6 Å². The zero-order chi connectivity index (χ0) is 17.5. The van der Waals surface area contributed by atoms with Crippen LogP contribution in [0.1, 0.15) is 16.9 Å². The Morgan fingerprint density at radius 1 is 1.16 bits per heavy atom. The first kappa shape index (κ1) is 18.1. The fraction of sp³-hybridized carbons (Fsp3) is 0.421. The highest BCUT2D eigenvalue weighted by molar-refractivity contribution is 8.13. The normalized spacial score (nSPS) is 14.1. The van der Waals surface area contributed by atoms with Crippen LogP contribution in [-0.2, 0) is 13.0 Å². The molecule has 0 N–H and O–H groups in total. The van der Waals surface area contributed by atoms with Crippen molar-refractivity contribution in [1.29, 1.82) is 0 Å². The Kier molecular flexibility index (Phi) is 6.64. The van der Waals surface area contributed by atoms with Gasteiger partial charge in [-0.15, -0.1) is 11.3 Å². The zero-order valence-electron chi connectivity index (χ0n) is 14.7. The second-order valence-electron chi connectivity index (χ2n) is 5.81. The molecular formula is C19H24N2O2S2. The van der Waals surface area contributed by atoms with E-state index >= 15 is 0 Å². The van der Waals surface area contributed by atoms with Gasteiger partial charge in [-0.2, -0.15) is 0 Å². The lowest BCUT2D eigenvalue weighted by molar-refractivity contribution is 0.354. The SMILES string of the molecule is COc1ccc(CCN(Cc2cccs2)C2=NCCCS2)cc1OC. The van der Waals surface area contributed by atoms with Gasteiger partial charge < -0.3 is 14.4 Å². The number of methoxy groups -OCH3 is 2. The number of thiophene rings is 1. The molecule has 0 saturated carbocycles. The van der Waals surface area contributed by atoms with Gasteiger partial charge in [0, 0.05) is 23.7 Å². The van der Waals surface area contributed by atoms with E-state index in [0.29, 0.717) is 0 Å². The highest BCUT2D eigenvalue weighted by Gasteiger charge is 2.16. The van der Waals surface area contributed by atoms with Crippen LogP contribution in [0.3, 0.4) is 0 Å². The number of rotatable bonds is 7. The highest BCUT2D eigenvalue weighted by atomic mass is 32.2. The van der Waals surface area contributed by atoms with Gasteiger partial charge in [-0.1, -0.05) is 23.9 Å². The zero-order valence-corrected chi connectivity index (χ0v) is 16.4. The third-order valence-corrected chi connectivity index (χ3v) is 6.10. The van der Waals surface area contributed by atoms with Gasteiger partial charge in [0.2, 0.25) is 0 Å². The Hall–Kier alpha value is -1.66. The smallest absolute Gasteiger partial charge is 0.160 e. The summed E-state index contributed by atoms with van der Waals surface area (Å²) in [6, 6.07) is 10.5. The number of thioether (sulfide) groups is 1. The van der Waals surface area contributed by atoms with Crippen LogP contribution < -0.4 is 9.47 Å². The lowest BCUT2D eigenvalue weighted by atomic mass is 10.1. The van der Waals surface area contributed by atoms with Crippen LogP contribution in [0.15, 0.2) is 40.7 Å². The van der Waals surface area contributed by atoms with Gasteiger partial charge >= 0.3 is 0 Å². The largest absolute Gasteiger partial charge is 0.493 e. The summed E-state index contributed by atoms with van der Waals surface area (Å²) in [7, 11) is 3.34. The topological polar surface area (TPSA) is 34.1 Å². The monoisotopic (exact) mass is 376 g/mol. The maximum atomic E-state index is 5.42. The quantitative estimate of drug-likeness (QED) is 0.721. The van der Waals surface area contributed by atoms with Gasteiger partial charge in [-0.3, -0.25) is 4.99 Å². The first-order valence-electron chi connectivity index (χ1n) is 8.45. The van der Waals surface area contributed by atoms with Crippen LogP contribution in [0.25, 0.3) is 0 Å². The molecule has 25 heavy (non-hydrogen) atoms. The maximum Gasteiger partial charge on any atom is 0.160 e. The molecule has 1 aliphatic heterocycles. The molecule has 0 radical (unpaired) electrons. The van der Waals surface area contributed by atoms with Crippen LogP contribution in [0, 0.1) is 0 Å². The summed E-state index contributed by atoms with van der Waals surface area (Å²) in [5.74, 6) is 2.72. The van der Waals surface area contributed by atoms with Crippen molar-refractivity contribution in [3.8, 4) is 11.5 Å². The van der Waals surface area contributed by atoms with Crippen LogP contribution >= 0.6 is 23.1 Å². The third-order valence-electron chi connectivity index (χ3n) is 4.10. The minimum absolute atomic E-state index is 0.772. The van der Waals surface area contributed by atoms with Crippen LogP contribution in [0.4, 0.5) is 0 Å². The molecule has 0 spiro atoms. The number of ether oxygens (including phenoxy) is 2. The average Bonchev–Trinajstić information content (AvgIpc) is 3.18. The molecule has 1 aromatic carbocycles. The number of aliphatic imine (C=N–C) groups is 1. The van der Waals surface area contributed by atoms with Crippen molar-refractivity contribution in [2.45, 2.75) is 19.4 Å². The summed E-state index contributed by atoms with van der Waals surface area (Å²) in [6.45, 7) is 2.82. The molecule has 1 aromatic heterocycles. The van der Waals surface area contributed by atoms with Gasteiger partial charge in [0.1, 0.15) is 0 Å². The number of nitrogens with zero attached hydrogens (tertiary/aromatic N) is 2. The summed E-state index contributed by atoms with van der Waals surface area (Å²) < 4.78 is 10.7. The third kappa shape index (κ3) is 4.92. The minimum Gasteiger partial charge on any atom is -0.493 e. The molecule has 0 unspecified atom stereocenters. The van der Waals surface area contributed by atoms with Gasteiger partial charge in [-0.25, -0.2) is 0 Å². The number of benzene rings is 1. The fourth-order valence-electron chi connectivity index (χ4n) is 2.77. The molecule has 6 heteroatoms. The predicted octanol–water partition coefficient (Wildman–Crippen LogP) is 4.30. The molecule has 0 amide bonds.